The van der Waals surface area contributed by atoms with Crippen molar-refractivity contribution < 1.29 is 22.4 Å². The molecule has 0 unspecified atom stereocenters. The summed E-state index contributed by atoms with van der Waals surface area (Å²) >= 11 is 5.95. The fraction of sp³-hybridized carbons (Fsp3) is 0.304. The van der Waals surface area contributed by atoms with Crippen LogP contribution in [-0.4, -0.2) is 53.6 Å². The Kier molecular flexibility index (Phi) is 5.96. The third-order valence-corrected chi connectivity index (χ3v) is 6.29. The number of hydrogen-bond donors (Lipinski definition) is 0. The predicted molar refractivity (Wildman–Crippen MR) is 123 cm³/mol. The number of nitrogens with zero attached hydrogens (tertiary/aromatic N) is 6. The fourth-order valence-electron chi connectivity index (χ4n) is 4.05. The van der Waals surface area contributed by atoms with E-state index in [-0.39, 0.29) is 22.7 Å². The van der Waals surface area contributed by atoms with Crippen LogP contribution < -0.4 is 14.7 Å². The zero-order valence-electron chi connectivity index (χ0n) is 18.3. The van der Waals surface area contributed by atoms with E-state index >= 15 is 0 Å². The van der Waals surface area contributed by atoms with Gasteiger partial charge in [-0.2, -0.15) is 18.2 Å². The summed E-state index contributed by atoms with van der Waals surface area (Å²) < 4.78 is 54.0. The lowest BCUT2D eigenvalue weighted by Crippen LogP contribution is -2.48. The van der Waals surface area contributed by atoms with E-state index in [1.54, 1.807) is 11.0 Å². The summed E-state index contributed by atoms with van der Waals surface area (Å²) in [7, 11) is 0. The van der Waals surface area contributed by atoms with Crippen molar-refractivity contribution in [3.63, 3.8) is 0 Å². The lowest BCUT2D eigenvalue weighted by Gasteiger charge is -2.37. The second kappa shape index (κ2) is 8.95. The Balaban J connectivity index is 1.43. The minimum atomic E-state index is -4.50. The number of carbonyl (C=O) groups is 1. The largest absolute Gasteiger partial charge is 0.419 e. The molecule has 0 atom stereocenters. The third-order valence-electron chi connectivity index (χ3n) is 6.00. The minimum absolute atomic E-state index is 0.0614. The highest BCUT2D eigenvalue weighted by molar-refractivity contribution is 6.31. The monoisotopic (exact) mass is 506 g/mol. The van der Waals surface area contributed by atoms with E-state index < -0.39 is 17.6 Å². The van der Waals surface area contributed by atoms with E-state index in [2.05, 4.69) is 15.0 Å². The number of halogens is 5. The summed E-state index contributed by atoms with van der Waals surface area (Å²) in [5, 5.41) is -0.0614. The number of rotatable bonds is 4. The lowest BCUT2D eigenvalue weighted by molar-refractivity contribution is -0.137. The molecule has 4 heterocycles. The van der Waals surface area contributed by atoms with Crippen molar-refractivity contribution in [2.24, 2.45) is 0 Å². The Morgan fingerprint density at radius 1 is 0.943 bits per heavy atom. The molecule has 3 aromatic rings. The van der Waals surface area contributed by atoms with Gasteiger partial charge in [0.1, 0.15) is 17.5 Å². The van der Waals surface area contributed by atoms with Crippen LogP contribution in [0.1, 0.15) is 12.0 Å². The van der Waals surface area contributed by atoms with Crippen LogP contribution in [0.25, 0.3) is 11.3 Å². The summed E-state index contributed by atoms with van der Waals surface area (Å²) in [6.45, 7) is 1.82. The van der Waals surface area contributed by atoms with Gasteiger partial charge in [-0.15, -0.1) is 0 Å². The maximum absolute atomic E-state index is 13.7. The number of carbonyl (C=O) groups excluding carboxylic acids is 1. The molecule has 35 heavy (non-hydrogen) atoms. The van der Waals surface area contributed by atoms with Crippen LogP contribution in [0.4, 0.5) is 35.1 Å². The van der Waals surface area contributed by atoms with Gasteiger partial charge in [0, 0.05) is 57.0 Å². The molecule has 2 aliphatic heterocycles. The first-order valence-electron chi connectivity index (χ1n) is 10.9. The molecule has 7 nitrogen and oxygen atoms in total. The van der Waals surface area contributed by atoms with Crippen LogP contribution in [0.15, 0.2) is 42.6 Å². The van der Waals surface area contributed by atoms with E-state index in [1.165, 1.54) is 35.4 Å². The fourth-order valence-corrected chi connectivity index (χ4v) is 4.23. The number of piperazine rings is 1. The summed E-state index contributed by atoms with van der Waals surface area (Å²) in [4.78, 5) is 30.0. The van der Waals surface area contributed by atoms with Gasteiger partial charge in [0.25, 0.3) is 0 Å². The Labute approximate surface area is 203 Å². The topological polar surface area (TPSA) is 65.5 Å². The van der Waals surface area contributed by atoms with E-state index in [1.807, 2.05) is 4.90 Å². The van der Waals surface area contributed by atoms with Gasteiger partial charge in [-0.05, 0) is 30.3 Å². The molecule has 0 bridgehead atoms. The normalized spacial score (nSPS) is 16.5. The van der Waals surface area contributed by atoms with E-state index in [0.717, 1.165) is 6.07 Å². The summed E-state index contributed by atoms with van der Waals surface area (Å²) in [5.74, 6) is -0.0324. The molecule has 2 saturated heterocycles. The molecule has 2 aromatic heterocycles. The maximum Gasteiger partial charge on any atom is 0.419 e. The molecular weight excluding hydrogens is 488 g/mol. The first-order valence-corrected chi connectivity index (χ1v) is 11.3. The number of amides is 1. The molecule has 182 valence electrons. The molecular formula is C23H19ClF4N6O. The molecule has 0 spiro atoms. The summed E-state index contributed by atoms with van der Waals surface area (Å²) in [6, 6.07) is 8.21. The van der Waals surface area contributed by atoms with Crippen molar-refractivity contribution in [2.45, 2.75) is 12.6 Å². The average molecular weight is 507 g/mol. The predicted octanol–water partition coefficient (Wildman–Crippen LogP) is 4.41. The van der Waals surface area contributed by atoms with Crippen LogP contribution in [0.5, 0.6) is 0 Å². The quantitative estimate of drug-likeness (QED) is 0.386. The van der Waals surface area contributed by atoms with Gasteiger partial charge in [0.05, 0.1) is 16.3 Å². The zero-order chi connectivity index (χ0) is 24.7. The Bertz CT molecular complexity index is 1280. The molecule has 2 aliphatic rings. The number of anilines is 3. The molecule has 0 N–H and O–H groups in total. The van der Waals surface area contributed by atoms with Crippen molar-refractivity contribution in [1.29, 1.82) is 0 Å². The molecule has 2 fully saturated rings. The van der Waals surface area contributed by atoms with Gasteiger partial charge in [-0.25, -0.2) is 14.4 Å². The van der Waals surface area contributed by atoms with Gasteiger partial charge < -0.3 is 9.80 Å². The Morgan fingerprint density at radius 2 is 1.69 bits per heavy atom. The van der Waals surface area contributed by atoms with Gasteiger partial charge in [0.15, 0.2) is 0 Å². The number of hydrogen-bond acceptors (Lipinski definition) is 6. The molecule has 0 saturated carbocycles. The number of pyridine rings is 1. The molecule has 12 heteroatoms. The first-order chi connectivity index (χ1) is 16.7. The summed E-state index contributed by atoms with van der Waals surface area (Å²) in [5.41, 5.74) is 0.235. The van der Waals surface area contributed by atoms with Gasteiger partial charge in [-0.1, -0.05) is 11.6 Å². The Hall–Kier alpha value is -3.47. The highest BCUT2D eigenvalue weighted by Crippen LogP contribution is 2.36. The summed E-state index contributed by atoms with van der Waals surface area (Å²) in [6.07, 6.45) is -2.76. The molecule has 0 radical (unpaired) electrons. The number of aromatic nitrogens is 3. The van der Waals surface area contributed by atoms with E-state index in [4.69, 9.17) is 11.6 Å². The smallest absolute Gasteiger partial charge is 0.353 e. The van der Waals surface area contributed by atoms with Gasteiger partial charge in [0.2, 0.25) is 11.9 Å². The standard InChI is InChI=1S/C23H19ClF4N6O/c24-16-12-14(3-4-17(16)25)18-13-19(31-22(30-18)34-7-5-20(34)35)32-8-10-33(11-9-32)21-15(23(26,27)28)2-1-6-29-21/h1-4,6,12-13H,5,7-11H2. The van der Waals surface area contributed by atoms with Crippen molar-refractivity contribution in [3.05, 3.63) is 59.0 Å². The minimum Gasteiger partial charge on any atom is -0.353 e. The van der Waals surface area contributed by atoms with Crippen LogP contribution in [0, 0.1) is 5.82 Å². The van der Waals surface area contributed by atoms with Crippen LogP contribution in [0.2, 0.25) is 5.02 Å². The second-order valence-electron chi connectivity index (χ2n) is 8.18. The van der Waals surface area contributed by atoms with Crippen LogP contribution in [0.3, 0.4) is 0 Å². The molecule has 1 amide bonds. The lowest BCUT2D eigenvalue weighted by atomic mass is 10.1. The maximum atomic E-state index is 13.7. The Morgan fingerprint density at radius 3 is 2.31 bits per heavy atom. The van der Waals surface area contributed by atoms with Crippen molar-refractivity contribution in [1.82, 2.24) is 15.0 Å². The molecule has 0 aliphatic carbocycles. The molecule has 1 aromatic carbocycles. The van der Waals surface area contributed by atoms with Crippen molar-refractivity contribution in [3.8, 4) is 11.3 Å². The second-order valence-corrected chi connectivity index (χ2v) is 8.59. The highest BCUT2D eigenvalue weighted by atomic mass is 35.5. The molecule has 5 rings (SSSR count). The van der Waals surface area contributed by atoms with E-state index in [9.17, 15) is 22.4 Å². The van der Waals surface area contributed by atoms with Gasteiger partial charge >= 0.3 is 6.18 Å². The zero-order valence-corrected chi connectivity index (χ0v) is 19.0. The van der Waals surface area contributed by atoms with E-state index in [0.29, 0.717) is 56.2 Å². The first kappa shape index (κ1) is 23.3. The number of alkyl halides is 3. The van der Waals surface area contributed by atoms with Crippen molar-refractivity contribution in [2.75, 3.05) is 47.4 Å². The van der Waals surface area contributed by atoms with Crippen LogP contribution in [-0.2, 0) is 11.0 Å². The van der Waals surface area contributed by atoms with Gasteiger partial charge in [-0.3, -0.25) is 9.69 Å². The number of benzene rings is 1. The van der Waals surface area contributed by atoms with Crippen LogP contribution >= 0.6 is 11.6 Å². The number of β-lactam (4-membered cyclic amide) rings is 1. The third kappa shape index (κ3) is 4.60. The van der Waals surface area contributed by atoms with Crippen molar-refractivity contribution >= 4 is 35.1 Å². The highest BCUT2D eigenvalue weighted by Gasteiger charge is 2.36. The average Bonchev–Trinajstić information content (AvgIpc) is 2.84. The SMILES string of the molecule is O=C1CCN1c1nc(-c2ccc(F)c(Cl)c2)cc(N2CCN(c3ncccc3C(F)(F)F)CC2)n1.